The lowest BCUT2D eigenvalue weighted by atomic mass is 10.0. The molecule has 5 rings (SSSR count). The number of halogens is 4. The molecule has 0 aliphatic carbocycles. The summed E-state index contributed by atoms with van der Waals surface area (Å²) in [5.74, 6) is -0.0250. The average Bonchev–Trinajstić information content (AvgIpc) is 3.19. The number of carbonyl (C=O) groups is 1. The first-order chi connectivity index (χ1) is 17.7. The van der Waals surface area contributed by atoms with Crippen molar-refractivity contribution in [1.29, 1.82) is 0 Å². The van der Waals surface area contributed by atoms with E-state index in [1.165, 1.54) is 18.2 Å². The zero-order chi connectivity index (χ0) is 26.3. The number of aromatic nitrogens is 1. The Kier molecular flexibility index (Phi) is 6.21. The molecule has 0 unspecified atom stereocenters. The Balaban J connectivity index is 1.81. The molecule has 0 amide bonds. The van der Waals surface area contributed by atoms with E-state index < -0.39 is 17.9 Å². The van der Waals surface area contributed by atoms with E-state index in [2.05, 4.69) is 4.74 Å². The van der Waals surface area contributed by atoms with Gasteiger partial charge in [-0.25, -0.2) is 4.79 Å². The molecular weight excluding hydrogens is 507 g/mol. The summed E-state index contributed by atoms with van der Waals surface area (Å²) in [7, 11) is 1.16. The highest BCUT2D eigenvalue weighted by Crippen LogP contribution is 2.43. The SMILES string of the molecule is COC(=O)Oc1cccc2c1c1c(O)cc(-c3ccc(Cl)cc3)cc1n2Cc1ccccc1C(F)(F)F. The minimum absolute atomic E-state index is 0.0458. The number of rotatable bonds is 4. The van der Waals surface area contributed by atoms with Gasteiger partial charge in [-0.3, -0.25) is 0 Å². The monoisotopic (exact) mass is 525 g/mol. The first-order valence-electron chi connectivity index (χ1n) is 11.1. The number of aromatic hydroxyl groups is 1. The number of methoxy groups -OCH3 is 1. The third kappa shape index (κ3) is 4.56. The Hall–Kier alpha value is -4.17. The Morgan fingerprint density at radius 2 is 1.65 bits per heavy atom. The Morgan fingerprint density at radius 1 is 0.919 bits per heavy atom. The van der Waals surface area contributed by atoms with E-state index in [1.807, 2.05) is 0 Å². The largest absolute Gasteiger partial charge is 0.513 e. The van der Waals surface area contributed by atoms with Crippen molar-refractivity contribution in [3.05, 3.63) is 95.0 Å². The first kappa shape index (κ1) is 24.5. The lowest BCUT2D eigenvalue weighted by Gasteiger charge is -2.15. The summed E-state index contributed by atoms with van der Waals surface area (Å²) in [6.07, 6.45) is -5.52. The summed E-state index contributed by atoms with van der Waals surface area (Å²) in [5, 5.41) is 12.4. The van der Waals surface area contributed by atoms with Crippen molar-refractivity contribution in [1.82, 2.24) is 4.57 Å². The van der Waals surface area contributed by atoms with Crippen molar-refractivity contribution < 1.29 is 32.5 Å². The number of benzene rings is 4. The Morgan fingerprint density at radius 3 is 2.35 bits per heavy atom. The number of carbonyl (C=O) groups excluding carboxylic acids is 1. The first-order valence-corrected chi connectivity index (χ1v) is 11.5. The topological polar surface area (TPSA) is 60.7 Å². The van der Waals surface area contributed by atoms with E-state index in [0.29, 0.717) is 32.4 Å². The van der Waals surface area contributed by atoms with Gasteiger partial charge in [0.15, 0.2) is 0 Å². The second-order valence-electron chi connectivity index (χ2n) is 8.34. The van der Waals surface area contributed by atoms with Crippen molar-refractivity contribution in [2.45, 2.75) is 12.7 Å². The second-order valence-corrected chi connectivity index (χ2v) is 8.78. The number of ether oxygens (including phenoxy) is 2. The molecule has 0 atom stereocenters. The highest BCUT2D eigenvalue weighted by Gasteiger charge is 2.33. The third-order valence-electron chi connectivity index (χ3n) is 6.12. The zero-order valence-electron chi connectivity index (χ0n) is 19.3. The number of hydrogen-bond acceptors (Lipinski definition) is 4. The smallest absolute Gasteiger partial charge is 0.507 e. The number of phenolic OH excluding ortho intramolecular Hbond substituents is 1. The van der Waals surface area contributed by atoms with Gasteiger partial charge in [0.05, 0.1) is 34.5 Å². The van der Waals surface area contributed by atoms with Crippen LogP contribution in [-0.4, -0.2) is 22.9 Å². The number of nitrogens with zero attached hydrogens (tertiary/aromatic N) is 1. The molecule has 9 heteroatoms. The fourth-order valence-electron chi connectivity index (χ4n) is 4.51. The second kappa shape index (κ2) is 9.37. The molecule has 1 N–H and O–H groups in total. The van der Waals surface area contributed by atoms with E-state index in [9.17, 15) is 23.1 Å². The quantitative estimate of drug-likeness (QED) is 0.190. The van der Waals surface area contributed by atoms with Crippen LogP contribution in [0.4, 0.5) is 18.0 Å². The van der Waals surface area contributed by atoms with Crippen LogP contribution in [0.25, 0.3) is 32.9 Å². The van der Waals surface area contributed by atoms with Crippen LogP contribution in [0.2, 0.25) is 5.02 Å². The van der Waals surface area contributed by atoms with Crippen LogP contribution in [0.1, 0.15) is 11.1 Å². The van der Waals surface area contributed by atoms with Gasteiger partial charge in [-0.05, 0) is 59.2 Å². The highest BCUT2D eigenvalue weighted by atomic mass is 35.5. The maximum absolute atomic E-state index is 13.8. The minimum Gasteiger partial charge on any atom is -0.507 e. The summed E-state index contributed by atoms with van der Waals surface area (Å²) in [4.78, 5) is 11.9. The van der Waals surface area contributed by atoms with Gasteiger partial charge < -0.3 is 19.1 Å². The fourth-order valence-corrected chi connectivity index (χ4v) is 4.63. The standard InChI is InChI=1S/C28H19ClF3NO4/c1-36-27(35)37-24-8-4-7-21-26(24)25-22(13-18(14-23(25)34)16-9-11-19(29)12-10-16)33(21)15-17-5-2-3-6-20(17)28(30,31)32/h2-14,34H,15H2,1H3. The van der Waals surface area contributed by atoms with Gasteiger partial charge in [0.25, 0.3) is 0 Å². The zero-order valence-corrected chi connectivity index (χ0v) is 20.1. The molecule has 0 aliphatic rings. The van der Waals surface area contributed by atoms with E-state index in [1.54, 1.807) is 59.2 Å². The van der Waals surface area contributed by atoms with Crippen LogP contribution in [-0.2, 0) is 17.5 Å². The molecule has 0 saturated heterocycles. The normalized spacial score (nSPS) is 11.7. The summed E-state index contributed by atoms with van der Waals surface area (Å²) in [6, 6.07) is 20.5. The van der Waals surface area contributed by atoms with Crippen LogP contribution in [0, 0.1) is 0 Å². The lowest BCUT2D eigenvalue weighted by molar-refractivity contribution is -0.138. The lowest BCUT2D eigenvalue weighted by Crippen LogP contribution is -2.11. The molecule has 0 aliphatic heterocycles. The van der Waals surface area contributed by atoms with E-state index >= 15 is 0 Å². The van der Waals surface area contributed by atoms with E-state index in [4.69, 9.17) is 16.3 Å². The van der Waals surface area contributed by atoms with Crippen LogP contribution in [0.3, 0.4) is 0 Å². The van der Waals surface area contributed by atoms with Crippen LogP contribution in [0.5, 0.6) is 11.5 Å². The van der Waals surface area contributed by atoms with Crippen LogP contribution in [0.15, 0.2) is 78.9 Å². The van der Waals surface area contributed by atoms with Crippen molar-refractivity contribution in [2.75, 3.05) is 7.11 Å². The highest BCUT2D eigenvalue weighted by molar-refractivity contribution is 6.30. The number of alkyl halides is 3. The van der Waals surface area contributed by atoms with Gasteiger partial charge in [0, 0.05) is 11.6 Å². The van der Waals surface area contributed by atoms with E-state index in [-0.39, 0.29) is 23.6 Å². The summed E-state index contributed by atoms with van der Waals surface area (Å²) < 4.78 is 53.0. The molecular formula is C28H19ClF3NO4. The van der Waals surface area contributed by atoms with Crippen molar-refractivity contribution >= 4 is 39.6 Å². The molecule has 1 aromatic heterocycles. The van der Waals surface area contributed by atoms with Crippen molar-refractivity contribution in [3.63, 3.8) is 0 Å². The summed E-state index contributed by atoms with van der Waals surface area (Å²) in [5.41, 5.74) is 1.59. The Labute approximate surface area is 214 Å². The predicted molar refractivity (Wildman–Crippen MR) is 135 cm³/mol. The van der Waals surface area contributed by atoms with Crippen LogP contribution < -0.4 is 4.74 Å². The number of phenols is 1. The van der Waals surface area contributed by atoms with Gasteiger partial charge >= 0.3 is 12.3 Å². The molecule has 0 bridgehead atoms. The third-order valence-corrected chi connectivity index (χ3v) is 6.37. The molecule has 0 fully saturated rings. The van der Waals surface area contributed by atoms with Gasteiger partial charge in [-0.1, -0.05) is 48.0 Å². The van der Waals surface area contributed by atoms with E-state index in [0.717, 1.165) is 18.7 Å². The van der Waals surface area contributed by atoms with Crippen molar-refractivity contribution in [3.8, 4) is 22.6 Å². The minimum atomic E-state index is -4.55. The molecule has 0 spiro atoms. The van der Waals surface area contributed by atoms with Gasteiger partial charge in [-0.2, -0.15) is 13.2 Å². The number of hydrogen-bond donors (Lipinski definition) is 1. The summed E-state index contributed by atoms with van der Waals surface area (Å²) in [6.45, 7) is -0.152. The van der Waals surface area contributed by atoms with Gasteiger partial charge in [0.2, 0.25) is 0 Å². The molecule has 1 heterocycles. The molecule has 188 valence electrons. The fraction of sp³-hybridized carbons (Fsp3) is 0.107. The Bertz CT molecular complexity index is 1640. The summed E-state index contributed by atoms with van der Waals surface area (Å²) >= 11 is 6.02. The molecule has 5 aromatic rings. The maximum Gasteiger partial charge on any atom is 0.513 e. The molecule has 5 nitrogen and oxygen atoms in total. The van der Waals surface area contributed by atoms with Crippen LogP contribution >= 0.6 is 11.6 Å². The molecule has 4 aromatic carbocycles. The molecule has 37 heavy (non-hydrogen) atoms. The molecule has 0 radical (unpaired) electrons. The van der Waals surface area contributed by atoms with Gasteiger partial charge in [-0.15, -0.1) is 0 Å². The van der Waals surface area contributed by atoms with Gasteiger partial charge in [0.1, 0.15) is 11.5 Å². The average molecular weight is 526 g/mol. The van der Waals surface area contributed by atoms with Crippen molar-refractivity contribution in [2.24, 2.45) is 0 Å². The maximum atomic E-state index is 13.8. The molecule has 0 saturated carbocycles. The predicted octanol–water partition coefficient (Wildman–Crippen LogP) is 8.03. The number of fused-ring (bicyclic) bond motifs is 3.